The van der Waals surface area contributed by atoms with Gasteiger partial charge in [-0.15, -0.1) is 11.8 Å². The molecule has 0 radical (unpaired) electrons. The fourth-order valence-corrected chi connectivity index (χ4v) is 5.30. The Hall–Kier alpha value is -0.190. The van der Waals surface area contributed by atoms with E-state index in [1.165, 1.54) is 5.75 Å². The molecule has 0 bridgehead atoms. The number of ether oxygens (including phenoxy) is 1. The van der Waals surface area contributed by atoms with Gasteiger partial charge in [0.1, 0.15) is 18.7 Å². The fourth-order valence-electron chi connectivity index (χ4n) is 4.33. The Morgan fingerprint density at radius 2 is 1.97 bits per heavy atom. The predicted octanol–water partition coefficient (Wildman–Crippen LogP) is 1.81. The van der Waals surface area contributed by atoms with E-state index >= 15 is 0 Å². The number of aliphatic hydroxyl groups excluding tert-OH is 2. The van der Waals surface area contributed by atoms with E-state index in [-0.39, 0.29) is 18.2 Å². The molecule has 8 atom stereocenters. The Morgan fingerprint density at radius 1 is 1.16 bits per heavy atom. The summed E-state index contributed by atoms with van der Waals surface area (Å²) in [5, 5.41) is 32.3. The van der Waals surface area contributed by atoms with Crippen LogP contribution < -0.4 is 21.7 Å². The molecular weight excluding hydrogens is 412 g/mol. The molecule has 1 aliphatic heterocycles. The van der Waals surface area contributed by atoms with E-state index in [4.69, 9.17) is 10.5 Å². The first-order valence-electron chi connectivity index (χ1n) is 12.0. The lowest BCUT2D eigenvalue weighted by Crippen LogP contribution is -2.48. The molecule has 7 N–H and O–H groups in total. The monoisotopic (exact) mass is 458 g/mol. The van der Waals surface area contributed by atoms with Gasteiger partial charge in [0, 0.05) is 31.5 Å². The van der Waals surface area contributed by atoms with Gasteiger partial charge in [-0.05, 0) is 68.2 Å². The van der Waals surface area contributed by atoms with Gasteiger partial charge in [0.15, 0.2) is 0 Å². The Bertz CT molecular complexity index is 513. The molecule has 1 fully saturated rings. The zero-order valence-corrected chi connectivity index (χ0v) is 20.4. The van der Waals surface area contributed by atoms with Crippen molar-refractivity contribution in [3.63, 3.8) is 0 Å². The quantitative estimate of drug-likeness (QED) is 0.206. The van der Waals surface area contributed by atoms with E-state index in [1.54, 1.807) is 0 Å². The molecule has 3 unspecified atom stereocenters. The van der Waals surface area contributed by atoms with Crippen molar-refractivity contribution in [2.24, 2.45) is 29.4 Å². The van der Waals surface area contributed by atoms with E-state index in [0.29, 0.717) is 24.3 Å². The zero-order chi connectivity index (χ0) is 22.6. The van der Waals surface area contributed by atoms with Crippen LogP contribution in [0, 0.1) is 23.7 Å². The topological polar surface area (TPSA) is 112 Å². The lowest BCUT2D eigenvalue weighted by atomic mass is 9.85. The van der Waals surface area contributed by atoms with Crippen molar-refractivity contribution in [3.8, 4) is 0 Å². The molecule has 1 heterocycles. The second-order valence-corrected chi connectivity index (χ2v) is 10.5. The molecule has 182 valence electrons. The maximum absolute atomic E-state index is 10.3. The first-order chi connectivity index (χ1) is 14.9. The number of hydrogen-bond donors (Lipinski definition) is 6. The van der Waals surface area contributed by atoms with Crippen LogP contribution in [0.25, 0.3) is 0 Å². The minimum Gasteiger partial charge on any atom is -0.378 e. The SMILES string of the molecule is CN[C@H](C[C@H](C)[C@H](C)CN[C@@H](O)CNC(O)[C@H]1CCCC(N)C1)OCCC1C=CSC1. The number of rotatable bonds is 15. The summed E-state index contributed by atoms with van der Waals surface area (Å²) < 4.78 is 6.06. The smallest absolute Gasteiger partial charge is 0.117 e. The number of allylic oxidation sites excluding steroid dienone is 1. The van der Waals surface area contributed by atoms with Gasteiger partial charge >= 0.3 is 0 Å². The van der Waals surface area contributed by atoms with Crippen LogP contribution in [0.3, 0.4) is 0 Å². The zero-order valence-electron chi connectivity index (χ0n) is 19.6. The first-order valence-corrected chi connectivity index (χ1v) is 13.1. The van der Waals surface area contributed by atoms with Crippen LogP contribution in [-0.4, -0.2) is 67.4 Å². The molecule has 2 rings (SSSR count). The molecular formula is C23H46N4O3S. The lowest BCUT2D eigenvalue weighted by Gasteiger charge is -2.31. The molecule has 0 aromatic rings. The van der Waals surface area contributed by atoms with Crippen molar-refractivity contribution < 1.29 is 14.9 Å². The van der Waals surface area contributed by atoms with Crippen molar-refractivity contribution in [3.05, 3.63) is 11.5 Å². The standard InChI is InChI=1S/C23H46N4O3S/c1-16(11-22(25-3)30-9-7-18-8-10-31-15-18)17(2)13-26-21(28)14-27-23(29)19-5-4-6-20(24)12-19/h8,10,16-23,25-29H,4-7,9,11-15,24H2,1-3H3/t16-,17+,18?,19-,20?,21-,22-,23?/m0/s1. The van der Waals surface area contributed by atoms with Crippen LogP contribution >= 0.6 is 11.8 Å². The Morgan fingerprint density at radius 3 is 2.65 bits per heavy atom. The van der Waals surface area contributed by atoms with Crippen LogP contribution in [0.1, 0.15) is 52.4 Å². The first kappa shape index (κ1) is 27.1. The normalized spacial score (nSPS) is 28.9. The molecule has 2 aliphatic rings. The van der Waals surface area contributed by atoms with Crippen molar-refractivity contribution >= 4 is 11.8 Å². The van der Waals surface area contributed by atoms with Crippen molar-refractivity contribution in [2.45, 2.75) is 77.1 Å². The number of nitrogens with two attached hydrogens (primary N) is 1. The van der Waals surface area contributed by atoms with E-state index in [0.717, 1.165) is 51.7 Å². The van der Waals surface area contributed by atoms with Crippen molar-refractivity contribution in [2.75, 3.05) is 32.5 Å². The van der Waals surface area contributed by atoms with Crippen molar-refractivity contribution in [1.82, 2.24) is 16.0 Å². The molecule has 0 saturated heterocycles. The van der Waals surface area contributed by atoms with Crippen molar-refractivity contribution in [1.29, 1.82) is 0 Å². The molecule has 0 amide bonds. The van der Waals surface area contributed by atoms with E-state index in [9.17, 15) is 10.2 Å². The summed E-state index contributed by atoms with van der Waals surface area (Å²) in [7, 11) is 1.95. The molecule has 0 spiro atoms. The van der Waals surface area contributed by atoms with E-state index < -0.39 is 12.5 Å². The summed E-state index contributed by atoms with van der Waals surface area (Å²) in [6, 6.07) is 0.185. The number of hydrogen-bond acceptors (Lipinski definition) is 8. The molecule has 7 nitrogen and oxygen atoms in total. The van der Waals surface area contributed by atoms with Crippen LogP contribution in [0.5, 0.6) is 0 Å². The van der Waals surface area contributed by atoms with Gasteiger partial charge in [-0.2, -0.15) is 0 Å². The molecule has 31 heavy (non-hydrogen) atoms. The second-order valence-electron chi connectivity index (χ2n) is 9.51. The summed E-state index contributed by atoms with van der Waals surface area (Å²) in [5.74, 6) is 2.84. The Labute approximate surface area is 193 Å². The van der Waals surface area contributed by atoms with Gasteiger partial charge in [-0.25, -0.2) is 0 Å². The summed E-state index contributed by atoms with van der Waals surface area (Å²) in [4.78, 5) is 0. The van der Waals surface area contributed by atoms with Crippen LogP contribution in [0.15, 0.2) is 11.5 Å². The maximum Gasteiger partial charge on any atom is 0.117 e. The average molecular weight is 459 g/mol. The summed E-state index contributed by atoms with van der Waals surface area (Å²) in [5.41, 5.74) is 6.01. The average Bonchev–Trinajstić information content (AvgIpc) is 3.28. The number of nitrogens with one attached hydrogen (secondary N) is 3. The third-order valence-corrected chi connectivity index (χ3v) is 7.81. The molecule has 1 saturated carbocycles. The molecule has 0 aromatic carbocycles. The molecule has 0 aromatic heterocycles. The fraction of sp³-hybridized carbons (Fsp3) is 0.913. The highest BCUT2D eigenvalue weighted by molar-refractivity contribution is 8.02. The Balaban J connectivity index is 1.58. The largest absolute Gasteiger partial charge is 0.378 e. The van der Waals surface area contributed by atoms with E-state index in [1.807, 2.05) is 18.8 Å². The van der Waals surface area contributed by atoms with Gasteiger partial charge in [-0.3, -0.25) is 16.0 Å². The lowest BCUT2D eigenvalue weighted by molar-refractivity contribution is 0.00928. The second kappa shape index (κ2) is 14.9. The highest BCUT2D eigenvalue weighted by Crippen LogP contribution is 2.25. The van der Waals surface area contributed by atoms with E-state index in [2.05, 4.69) is 41.3 Å². The summed E-state index contributed by atoms with van der Waals surface area (Å²) in [6.45, 7) is 6.25. The Kier molecular flexibility index (Phi) is 13.0. The number of thioether (sulfide) groups is 1. The van der Waals surface area contributed by atoms with Gasteiger partial charge < -0.3 is 20.7 Å². The minimum atomic E-state index is -0.685. The third kappa shape index (κ3) is 10.5. The number of aliphatic hydroxyl groups is 2. The third-order valence-electron chi connectivity index (χ3n) is 6.84. The highest BCUT2D eigenvalue weighted by Gasteiger charge is 2.26. The minimum absolute atomic E-state index is 0.0547. The molecule has 1 aliphatic carbocycles. The van der Waals surface area contributed by atoms with Gasteiger partial charge in [0.25, 0.3) is 0 Å². The van der Waals surface area contributed by atoms with Gasteiger partial charge in [-0.1, -0.05) is 26.3 Å². The predicted molar refractivity (Wildman–Crippen MR) is 129 cm³/mol. The van der Waals surface area contributed by atoms with Crippen LogP contribution in [0.2, 0.25) is 0 Å². The summed E-state index contributed by atoms with van der Waals surface area (Å²) >= 11 is 1.88. The van der Waals surface area contributed by atoms with Gasteiger partial charge in [0.05, 0.1) is 0 Å². The summed E-state index contributed by atoms with van der Waals surface area (Å²) in [6.07, 6.45) is 6.99. The van der Waals surface area contributed by atoms with Crippen LogP contribution in [0.4, 0.5) is 0 Å². The highest BCUT2D eigenvalue weighted by atomic mass is 32.2. The van der Waals surface area contributed by atoms with Crippen LogP contribution in [-0.2, 0) is 4.74 Å². The molecule has 8 heteroatoms. The van der Waals surface area contributed by atoms with Gasteiger partial charge in [0.2, 0.25) is 0 Å². The maximum atomic E-state index is 10.3.